The van der Waals surface area contributed by atoms with Crippen LogP contribution in [0.2, 0.25) is 0 Å². The van der Waals surface area contributed by atoms with E-state index in [2.05, 4.69) is 74.5 Å². The van der Waals surface area contributed by atoms with E-state index < -0.39 is 8.80 Å². The normalized spacial score (nSPS) is 12.3. The third-order valence-corrected chi connectivity index (χ3v) is 8.11. The fourth-order valence-electron chi connectivity index (χ4n) is 3.37. The van der Waals surface area contributed by atoms with E-state index in [0.717, 1.165) is 5.56 Å². The van der Waals surface area contributed by atoms with Gasteiger partial charge in [0.2, 0.25) is 0 Å². The highest BCUT2D eigenvalue weighted by atomic mass is 28.3. The maximum Gasteiger partial charge on any atom is 0.123 e. The molecule has 0 nitrogen and oxygen atoms in total. The van der Waals surface area contributed by atoms with Crippen LogP contribution in [0.3, 0.4) is 0 Å². The summed E-state index contributed by atoms with van der Waals surface area (Å²) in [6.45, 7) is 4.32. The van der Waals surface area contributed by atoms with Crippen LogP contribution in [0.15, 0.2) is 78.9 Å². The molecule has 3 aromatic rings. The van der Waals surface area contributed by atoms with Crippen LogP contribution < -0.4 is 10.4 Å². The minimum atomic E-state index is -1.49. The Morgan fingerprint density at radius 2 is 1.30 bits per heavy atom. The number of hydrogen-bond acceptors (Lipinski definition) is 0. The highest BCUT2D eigenvalue weighted by molar-refractivity contribution is 6.86. The Morgan fingerprint density at radius 3 is 1.83 bits per heavy atom. The van der Waals surface area contributed by atoms with Crippen molar-refractivity contribution < 1.29 is 4.39 Å². The van der Waals surface area contributed by atoms with Crippen molar-refractivity contribution in [3.8, 4) is 0 Å². The summed E-state index contributed by atoms with van der Waals surface area (Å²) in [5.41, 5.74) is 2.63. The van der Waals surface area contributed by atoms with E-state index in [9.17, 15) is 4.39 Å². The molecule has 0 unspecified atom stereocenters. The van der Waals surface area contributed by atoms with E-state index in [-0.39, 0.29) is 5.82 Å². The lowest BCUT2D eigenvalue weighted by molar-refractivity contribution is 0.624. The van der Waals surface area contributed by atoms with E-state index in [4.69, 9.17) is 0 Å². The summed E-state index contributed by atoms with van der Waals surface area (Å²) in [6, 6.07) is 26.5. The molecule has 116 valence electrons. The molecule has 0 aliphatic rings. The first kappa shape index (κ1) is 15.7. The van der Waals surface area contributed by atoms with Gasteiger partial charge in [0.25, 0.3) is 0 Å². The Balaban J connectivity index is 2.10. The molecule has 0 fully saturated rings. The first-order chi connectivity index (χ1) is 11.2. The van der Waals surface area contributed by atoms with Crippen molar-refractivity contribution in [3.05, 3.63) is 95.8 Å². The molecule has 3 rings (SSSR count). The second kappa shape index (κ2) is 6.92. The zero-order chi connectivity index (χ0) is 16.2. The molecule has 0 amide bonds. The average molecular weight is 320 g/mol. The molecule has 1 atom stereocenters. The van der Waals surface area contributed by atoms with Gasteiger partial charge in [-0.1, -0.05) is 84.0 Å². The molecular formula is C21H21FSi. The molecule has 3 aromatic carbocycles. The molecule has 0 aliphatic heterocycles. The van der Waals surface area contributed by atoms with Crippen LogP contribution in [0.5, 0.6) is 0 Å². The fourth-order valence-corrected chi connectivity index (χ4v) is 6.90. The quantitative estimate of drug-likeness (QED) is 0.641. The lowest BCUT2D eigenvalue weighted by atomic mass is 10.1. The van der Waals surface area contributed by atoms with Gasteiger partial charge in [-0.25, -0.2) is 4.39 Å². The molecule has 0 aliphatic carbocycles. The summed E-state index contributed by atoms with van der Waals surface area (Å²) in [7, 11) is -1.49. The maximum atomic E-state index is 13.8. The number of benzene rings is 3. The molecule has 0 aromatic heterocycles. The van der Waals surface area contributed by atoms with Gasteiger partial charge in [-0.05, 0) is 35.7 Å². The number of hydrogen-bond donors (Lipinski definition) is 0. The Kier molecular flexibility index (Phi) is 4.72. The Morgan fingerprint density at radius 1 is 0.783 bits per heavy atom. The minimum Gasteiger partial charge on any atom is -0.207 e. The second-order valence-electron chi connectivity index (χ2n) is 6.09. The summed E-state index contributed by atoms with van der Waals surface area (Å²) in [6.07, 6.45) is 0. The monoisotopic (exact) mass is 320 g/mol. The SMILES string of the molecule is Cc1ccc(F)cc1[C@@H](C)[SiH](c1ccccc1)c1ccccc1. The fraction of sp³-hybridized carbons (Fsp3) is 0.143. The van der Waals surface area contributed by atoms with Crippen LogP contribution in [0.4, 0.5) is 4.39 Å². The van der Waals surface area contributed by atoms with Crippen molar-refractivity contribution in [1.29, 1.82) is 0 Å². The Bertz CT molecular complexity index is 729. The van der Waals surface area contributed by atoms with Gasteiger partial charge in [-0.15, -0.1) is 0 Å². The lowest BCUT2D eigenvalue weighted by Crippen LogP contribution is -2.46. The second-order valence-corrected chi connectivity index (χ2v) is 9.38. The van der Waals surface area contributed by atoms with E-state index in [1.54, 1.807) is 12.1 Å². The van der Waals surface area contributed by atoms with Gasteiger partial charge >= 0.3 is 0 Å². The standard InChI is InChI=1S/C21H21FSi/c1-16-13-14-18(22)15-21(16)17(2)23(19-9-5-3-6-10-19)20-11-7-4-8-12-20/h3-15,17,23H,1-2H3/t17-/m1/s1. The van der Waals surface area contributed by atoms with Gasteiger partial charge in [0.15, 0.2) is 0 Å². The van der Waals surface area contributed by atoms with E-state index >= 15 is 0 Å². The van der Waals surface area contributed by atoms with Gasteiger partial charge in [0, 0.05) is 0 Å². The van der Waals surface area contributed by atoms with E-state index in [1.807, 2.05) is 6.07 Å². The smallest absolute Gasteiger partial charge is 0.123 e. The topological polar surface area (TPSA) is 0 Å². The van der Waals surface area contributed by atoms with Crippen LogP contribution in [-0.4, -0.2) is 8.80 Å². The van der Waals surface area contributed by atoms with Crippen LogP contribution >= 0.6 is 0 Å². The van der Waals surface area contributed by atoms with Gasteiger partial charge in [-0.2, -0.15) is 0 Å². The maximum absolute atomic E-state index is 13.8. The molecule has 0 spiro atoms. The van der Waals surface area contributed by atoms with Crippen molar-refractivity contribution in [1.82, 2.24) is 0 Å². The highest BCUT2D eigenvalue weighted by Gasteiger charge is 2.25. The predicted octanol–water partition coefficient (Wildman–Crippen LogP) is 3.82. The highest BCUT2D eigenvalue weighted by Crippen LogP contribution is 2.23. The summed E-state index contributed by atoms with van der Waals surface area (Å²) >= 11 is 0. The Labute approximate surface area is 139 Å². The van der Waals surface area contributed by atoms with Crippen LogP contribution in [0, 0.1) is 12.7 Å². The first-order valence-electron chi connectivity index (χ1n) is 8.03. The summed E-state index contributed by atoms with van der Waals surface area (Å²) in [5, 5.41) is 2.80. The molecule has 2 heteroatoms. The molecule has 0 saturated heterocycles. The van der Waals surface area contributed by atoms with Gasteiger partial charge in [0.05, 0.1) is 0 Å². The minimum absolute atomic E-state index is 0.147. The zero-order valence-electron chi connectivity index (χ0n) is 13.5. The largest absolute Gasteiger partial charge is 0.207 e. The van der Waals surface area contributed by atoms with E-state index in [1.165, 1.54) is 15.9 Å². The van der Waals surface area contributed by atoms with E-state index in [0.29, 0.717) is 5.54 Å². The number of rotatable bonds is 4. The summed E-state index contributed by atoms with van der Waals surface area (Å²) < 4.78 is 13.8. The third kappa shape index (κ3) is 3.43. The lowest BCUT2D eigenvalue weighted by Gasteiger charge is -2.25. The van der Waals surface area contributed by atoms with Crippen molar-refractivity contribution in [2.45, 2.75) is 19.4 Å². The average Bonchev–Trinajstić information content (AvgIpc) is 2.59. The van der Waals surface area contributed by atoms with Crippen molar-refractivity contribution in [2.24, 2.45) is 0 Å². The van der Waals surface area contributed by atoms with Crippen LogP contribution in [0.1, 0.15) is 23.6 Å². The summed E-state index contributed by atoms with van der Waals surface area (Å²) in [5.74, 6) is -0.147. The summed E-state index contributed by atoms with van der Waals surface area (Å²) in [4.78, 5) is 0. The van der Waals surface area contributed by atoms with Gasteiger partial charge in [-0.3, -0.25) is 0 Å². The Hall–Kier alpha value is -2.19. The van der Waals surface area contributed by atoms with Gasteiger partial charge in [0.1, 0.15) is 14.6 Å². The molecule has 23 heavy (non-hydrogen) atoms. The molecule has 0 bridgehead atoms. The molecule has 0 saturated carbocycles. The van der Waals surface area contributed by atoms with Crippen molar-refractivity contribution >= 4 is 19.2 Å². The third-order valence-electron chi connectivity index (χ3n) is 4.55. The molecule has 0 N–H and O–H groups in total. The van der Waals surface area contributed by atoms with Crippen molar-refractivity contribution in [2.75, 3.05) is 0 Å². The first-order valence-corrected chi connectivity index (χ1v) is 9.85. The predicted molar refractivity (Wildman–Crippen MR) is 98.9 cm³/mol. The molecule has 0 radical (unpaired) electrons. The number of halogens is 1. The molecular weight excluding hydrogens is 299 g/mol. The van der Waals surface area contributed by atoms with Crippen LogP contribution in [-0.2, 0) is 0 Å². The van der Waals surface area contributed by atoms with Crippen molar-refractivity contribution in [3.63, 3.8) is 0 Å². The number of aryl methyl sites for hydroxylation is 1. The van der Waals surface area contributed by atoms with Crippen LogP contribution in [0.25, 0.3) is 0 Å². The van der Waals surface area contributed by atoms with Gasteiger partial charge < -0.3 is 0 Å². The molecule has 0 heterocycles. The zero-order valence-corrected chi connectivity index (χ0v) is 14.7.